The molecular formula is C9H13BrN2O. The molecule has 0 radical (unpaired) electrons. The van der Waals surface area contributed by atoms with Crippen LogP contribution in [0.15, 0.2) is 16.7 Å². The van der Waals surface area contributed by atoms with Gasteiger partial charge in [0.05, 0.1) is 6.61 Å². The Morgan fingerprint density at radius 1 is 1.62 bits per heavy atom. The largest absolute Gasteiger partial charge is 0.478 e. The topological polar surface area (TPSA) is 48.1 Å². The lowest BCUT2D eigenvalue weighted by Gasteiger charge is -2.05. The van der Waals surface area contributed by atoms with Crippen LogP contribution in [0.1, 0.15) is 12.0 Å². The molecule has 1 heterocycles. The summed E-state index contributed by atoms with van der Waals surface area (Å²) in [6.07, 6.45) is 2.60. The summed E-state index contributed by atoms with van der Waals surface area (Å²) in [7, 11) is 0. The van der Waals surface area contributed by atoms with E-state index in [2.05, 4.69) is 20.9 Å². The van der Waals surface area contributed by atoms with E-state index in [4.69, 9.17) is 10.5 Å². The van der Waals surface area contributed by atoms with Gasteiger partial charge in [-0.25, -0.2) is 4.98 Å². The van der Waals surface area contributed by atoms with E-state index in [1.165, 1.54) is 0 Å². The minimum Gasteiger partial charge on any atom is -0.478 e. The molecule has 0 atom stereocenters. The fraction of sp³-hybridized carbons (Fsp3) is 0.444. The monoisotopic (exact) mass is 244 g/mol. The minimum absolute atomic E-state index is 0.630. The molecule has 0 aromatic carbocycles. The molecule has 0 unspecified atom stereocenters. The fourth-order valence-corrected chi connectivity index (χ4v) is 1.07. The number of halogens is 1. The number of ether oxygens (including phenoxy) is 1. The number of hydrogen-bond acceptors (Lipinski definition) is 3. The number of nitrogens with two attached hydrogens (primary N) is 1. The van der Waals surface area contributed by atoms with Gasteiger partial charge in [0.2, 0.25) is 5.88 Å². The van der Waals surface area contributed by atoms with E-state index < -0.39 is 0 Å². The van der Waals surface area contributed by atoms with Crippen LogP contribution >= 0.6 is 15.9 Å². The minimum atomic E-state index is 0.630. The molecule has 0 spiro atoms. The van der Waals surface area contributed by atoms with E-state index in [0.29, 0.717) is 19.0 Å². The zero-order valence-corrected chi connectivity index (χ0v) is 9.17. The lowest BCUT2D eigenvalue weighted by atomic mass is 10.3. The van der Waals surface area contributed by atoms with Crippen molar-refractivity contribution < 1.29 is 4.74 Å². The van der Waals surface area contributed by atoms with Gasteiger partial charge in [-0.15, -0.1) is 0 Å². The number of pyridine rings is 1. The SMILES string of the molecule is Cc1cc(OCCCN)ncc1Br. The highest BCUT2D eigenvalue weighted by molar-refractivity contribution is 9.10. The van der Waals surface area contributed by atoms with Gasteiger partial charge in [0.15, 0.2) is 0 Å². The third-order valence-corrected chi connectivity index (χ3v) is 2.45. The van der Waals surface area contributed by atoms with Crippen LogP contribution in [0.3, 0.4) is 0 Å². The van der Waals surface area contributed by atoms with Crippen LogP contribution in [0, 0.1) is 6.92 Å². The Balaban J connectivity index is 2.53. The molecule has 0 bridgehead atoms. The number of aryl methyl sites for hydroxylation is 1. The highest BCUT2D eigenvalue weighted by Gasteiger charge is 1.98. The van der Waals surface area contributed by atoms with Crippen LogP contribution in [-0.2, 0) is 0 Å². The van der Waals surface area contributed by atoms with Crippen LogP contribution in [-0.4, -0.2) is 18.1 Å². The molecule has 0 saturated heterocycles. The quantitative estimate of drug-likeness (QED) is 0.824. The average molecular weight is 245 g/mol. The predicted octanol–water partition coefficient (Wildman–Crippen LogP) is 1.88. The molecule has 1 aromatic heterocycles. The summed E-state index contributed by atoms with van der Waals surface area (Å²) in [6, 6.07) is 1.90. The number of nitrogens with zero attached hydrogens (tertiary/aromatic N) is 1. The second kappa shape index (κ2) is 5.19. The van der Waals surface area contributed by atoms with Crippen LogP contribution in [0.4, 0.5) is 0 Å². The Bertz CT molecular complexity index is 278. The van der Waals surface area contributed by atoms with E-state index in [9.17, 15) is 0 Å². The first-order chi connectivity index (χ1) is 6.24. The fourth-order valence-electron chi connectivity index (χ4n) is 0.853. The smallest absolute Gasteiger partial charge is 0.213 e. The Morgan fingerprint density at radius 2 is 2.38 bits per heavy atom. The van der Waals surface area contributed by atoms with Gasteiger partial charge in [-0.3, -0.25) is 0 Å². The average Bonchev–Trinajstić information content (AvgIpc) is 2.12. The molecule has 0 amide bonds. The van der Waals surface area contributed by atoms with Crippen molar-refractivity contribution in [1.29, 1.82) is 0 Å². The highest BCUT2D eigenvalue weighted by Crippen LogP contribution is 2.18. The Morgan fingerprint density at radius 3 is 3.00 bits per heavy atom. The molecule has 0 aliphatic rings. The first-order valence-corrected chi connectivity index (χ1v) is 4.98. The Kier molecular flexibility index (Phi) is 4.18. The lowest BCUT2D eigenvalue weighted by Crippen LogP contribution is -2.06. The van der Waals surface area contributed by atoms with Crippen molar-refractivity contribution in [3.8, 4) is 5.88 Å². The first kappa shape index (κ1) is 10.5. The van der Waals surface area contributed by atoms with E-state index >= 15 is 0 Å². The van der Waals surface area contributed by atoms with E-state index in [1.807, 2.05) is 13.0 Å². The lowest BCUT2D eigenvalue weighted by molar-refractivity contribution is 0.301. The van der Waals surface area contributed by atoms with Crippen molar-refractivity contribution in [2.24, 2.45) is 5.73 Å². The van der Waals surface area contributed by atoms with Crippen molar-refractivity contribution in [2.45, 2.75) is 13.3 Å². The van der Waals surface area contributed by atoms with Gasteiger partial charge in [0.25, 0.3) is 0 Å². The predicted molar refractivity (Wildman–Crippen MR) is 55.8 cm³/mol. The number of hydrogen-bond donors (Lipinski definition) is 1. The molecule has 1 rings (SSSR count). The highest BCUT2D eigenvalue weighted by atomic mass is 79.9. The maximum atomic E-state index is 5.37. The molecule has 2 N–H and O–H groups in total. The van der Waals surface area contributed by atoms with Crippen LogP contribution in [0.25, 0.3) is 0 Å². The molecular weight excluding hydrogens is 232 g/mol. The van der Waals surface area contributed by atoms with E-state index in [0.717, 1.165) is 16.5 Å². The number of aromatic nitrogens is 1. The van der Waals surface area contributed by atoms with Gasteiger partial charge < -0.3 is 10.5 Å². The third-order valence-electron chi connectivity index (χ3n) is 1.62. The zero-order valence-electron chi connectivity index (χ0n) is 7.59. The van der Waals surface area contributed by atoms with Crippen molar-refractivity contribution >= 4 is 15.9 Å². The molecule has 13 heavy (non-hydrogen) atoms. The normalized spacial score (nSPS) is 10.1. The molecule has 4 heteroatoms. The van der Waals surface area contributed by atoms with Gasteiger partial charge in [0.1, 0.15) is 0 Å². The van der Waals surface area contributed by atoms with E-state index in [-0.39, 0.29) is 0 Å². The maximum absolute atomic E-state index is 5.37. The van der Waals surface area contributed by atoms with Gasteiger partial charge in [-0.2, -0.15) is 0 Å². The van der Waals surface area contributed by atoms with Gasteiger partial charge in [0, 0.05) is 16.7 Å². The Hall–Kier alpha value is -0.610. The van der Waals surface area contributed by atoms with Gasteiger partial charge in [-0.05, 0) is 41.4 Å². The summed E-state index contributed by atoms with van der Waals surface area (Å²) < 4.78 is 6.37. The summed E-state index contributed by atoms with van der Waals surface area (Å²) in [4.78, 5) is 4.10. The van der Waals surface area contributed by atoms with Gasteiger partial charge >= 0.3 is 0 Å². The van der Waals surface area contributed by atoms with E-state index in [1.54, 1.807) is 6.20 Å². The Labute approximate surface area is 86.4 Å². The molecule has 0 aliphatic heterocycles. The van der Waals surface area contributed by atoms with Crippen molar-refractivity contribution in [1.82, 2.24) is 4.98 Å². The zero-order chi connectivity index (χ0) is 9.68. The standard InChI is InChI=1S/C9H13BrN2O/c1-7-5-9(12-6-8(7)10)13-4-2-3-11/h5-6H,2-4,11H2,1H3. The summed E-state index contributed by atoms with van der Waals surface area (Å²) in [6.45, 7) is 3.28. The van der Waals surface area contributed by atoms with Gasteiger partial charge in [-0.1, -0.05) is 0 Å². The summed E-state index contributed by atoms with van der Waals surface area (Å²) in [5, 5.41) is 0. The molecule has 0 aliphatic carbocycles. The molecule has 3 nitrogen and oxygen atoms in total. The summed E-state index contributed by atoms with van der Waals surface area (Å²) in [5.74, 6) is 0.661. The summed E-state index contributed by atoms with van der Waals surface area (Å²) >= 11 is 3.37. The maximum Gasteiger partial charge on any atom is 0.213 e. The van der Waals surface area contributed by atoms with Crippen molar-refractivity contribution in [3.63, 3.8) is 0 Å². The van der Waals surface area contributed by atoms with Crippen LogP contribution in [0.5, 0.6) is 5.88 Å². The van der Waals surface area contributed by atoms with Crippen molar-refractivity contribution in [3.05, 3.63) is 22.3 Å². The number of rotatable bonds is 4. The second-order valence-electron chi connectivity index (χ2n) is 2.76. The van der Waals surface area contributed by atoms with Crippen molar-refractivity contribution in [2.75, 3.05) is 13.2 Å². The molecule has 72 valence electrons. The summed E-state index contributed by atoms with van der Waals surface area (Å²) in [5.41, 5.74) is 6.46. The first-order valence-electron chi connectivity index (χ1n) is 4.19. The third kappa shape index (κ3) is 3.32. The van der Waals surface area contributed by atoms with Crippen LogP contribution < -0.4 is 10.5 Å². The molecule has 1 aromatic rings. The molecule has 0 fully saturated rings. The van der Waals surface area contributed by atoms with Crippen LogP contribution in [0.2, 0.25) is 0 Å². The second-order valence-corrected chi connectivity index (χ2v) is 3.62. The molecule has 0 saturated carbocycles.